The summed E-state index contributed by atoms with van der Waals surface area (Å²) in [6, 6.07) is 23.3. The van der Waals surface area contributed by atoms with Crippen molar-refractivity contribution >= 4 is 29.4 Å². The summed E-state index contributed by atoms with van der Waals surface area (Å²) in [5.74, 6) is 1.05. The molecule has 1 aliphatic rings. The molecule has 0 bridgehead atoms. The van der Waals surface area contributed by atoms with Gasteiger partial charge in [-0.15, -0.1) is 0 Å². The molecule has 3 aromatic rings. The van der Waals surface area contributed by atoms with Crippen LogP contribution in [-0.4, -0.2) is 18.0 Å². The zero-order valence-electron chi connectivity index (χ0n) is 19.7. The smallest absolute Gasteiger partial charge is 0.260 e. The number of thioether (sulfide) groups is 1. The van der Waals surface area contributed by atoms with Crippen LogP contribution in [0.5, 0.6) is 11.5 Å². The third-order valence-corrected chi connectivity index (χ3v) is 6.51. The monoisotopic (exact) mass is 485 g/mol. The topological polar surface area (TPSA) is 83.4 Å². The molecule has 2 N–H and O–H groups in total. The van der Waals surface area contributed by atoms with E-state index in [9.17, 15) is 10.1 Å². The Morgan fingerprint density at radius 3 is 2.60 bits per heavy atom. The fraction of sp³-hybridized carbons (Fsp3) is 0.214. The summed E-state index contributed by atoms with van der Waals surface area (Å²) in [6.07, 6.45) is 2.84. The van der Waals surface area contributed by atoms with Crippen molar-refractivity contribution in [2.45, 2.75) is 32.4 Å². The molecule has 0 aliphatic carbocycles. The van der Waals surface area contributed by atoms with Crippen LogP contribution in [0.15, 0.2) is 71.6 Å². The van der Waals surface area contributed by atoms with Crippen LogP contribution in [0.2, 0.25) is 0 Å². The molecule has 178 valence electrons. The summed E-state index contributed by atoms with van der Waals surface area (Å²) in [5.41, 5.74) is 4.22. The predicted molar refractivity (Wildman–Crippen MR) is 140 cm³/mol. The quantitative estimate of drug-likeness (QED) is 0.379. The number of ether oxygens (including phenoxy) is 2. The van der Waals surface area contributed by atoms with Gasteiger partial charge < -0.3 is 20.1 Å². The Bertz CT molecular complexity index is 1270. The van der Waals surface area contributed by atoms with E-state index in [2.05, 4.69) is 35.8 Å². The number of nitrogens with zero attached hydrogens (tertiary/aromatic N) is 1. The highest BCUT2D eigenvalue weighted by Gasteiger charge is 2.27. The first-order valence-electron chi connectivity index (χ1n) is 11.5. The third kappa shape index (κ3) is 6.17. The molecule has 0 spiro atoms. The van der Waals surface area contributed by atoms with Gasteiger partial charge in [0.15, 0.2) is 17.0 Å². The number of aryl methyl sites for hydroxylation is 1. The van der Waals surface area contributed by atoms with E-state index in [1.54, 1.807) is 6.07 Å². The first-order chi connectivity index (χ1) is 17.1. The largest absolute Gasteiger partial charge is 0.490 e. The lowest BCUT2D eigenvalue weighted by molar-refractivity contribution is -0.116. The molecule has 1 heterocycles. The minimum Gasteiger partial charge on any atom is -0.490 e. The SMILES string of the molecule is CCOc1cc(/C=C2\S[C@@H](Nc3ccc(CC)cc3)NC2=O)ccc1OCc1ccccc1C#N. The van der Waals surface area contributed by atoms with Crippen molar-refractivity contribution in [3.8, 4) is 17.6 Å². The molecule has 0 radical (unpaired) electrons. The number of nitriles is 1. The van der Waals surface area contributed by atoms with Crippen LogP contribution in [0.3, 0.4) is 0 Å². The minimum atomic E-state index is -0.240. The number of carbonyl (C=O) groups excluding carboxylic acids is 1. The van der Waals surface area contributed by atoms with Crippen LogP contribution in [0.1, 0.15) is 36.1 Å². The van der Waals surface area contributed by atoms with Crippen LogP contribution in [0.25, 0.3) is 6.08 Å². The Balaban J connectivity index is 1.46. The van der Waals surface area contributed by atoms with Crippen LogP contribution < -0.4 is 20.1 Å². The molecule has 1 aliphatic heterocycles. The maximum atomic E-state index is 12.6. The van der Waals surface area contributed by atoms with E-state index in [1.165, 1.54) is 17.3 Å². The summed E-state index contributed by atoms with van der Waals surface area (Å²) in [4.78, 5) is 13.2. The Labute approximate surface area is 210 Å². The van der Waals surface area contributed by atoms with Crippen molar-refractivity contribution < 1.29 is 14.3 Å². The van der Waals surface area contributed by atoms with Crippen LogP contribution in [0.4, 0.5) is 5.69 Å². The van der Waals surface area contributed by atoms with Crippen molar-refractivity contribution in [3.05, 3.63) is 93.9 Å². The average molecular weight is 486 g/mol. The maximum Gasteiger partial charge on any atom is 0.260 e. The van der Waals surface area contributed by atoms with Crippen molar-refractivity contribution in [1.82, 2.24) is 5.32 Å². The van der Waals surface area contributed by atoms with Crippen molar-refractivity contribution in [2.75, 3.05) is 11.9 Å². The molecule has 0 saturated carbocycles. The highest BCUT2D eigenvalue weighted by Crippen LogP contribution is 2.34. The molecule has 6 nitrogen and oxygen atoms in total. The number of nitrogens with one attached hydrogen (secondary N) is 2. The number of benzene rings is 3. The predicted octanol–water partition coefficient (Wildman–Crippen LogP) is 5.70. The Kier molecular flexibility index (Phi) is 7.96. The summed E-state index contributed by atoms with van der Waals surface area (Å²) in [7, 11) is 0. The Morgan fingerprint density at radius 2 is 1.86 bits per heavy atom. The van der Waals surface area contributed by atoms with Gasteiger partial charge in [-0.2, -0.15) is 5.26 Å². The molecule has 35 heavy (non-hydrogen) atoms. The number of rotatable bonds is 9. The van der Waals surface area contributed by atoms with Gasteiger partial charge in [0.2, 0.25) is 0 Å². The molecular weight excluding hydrogens is 458 g/mol. The van der Waals surface area contributed by atoms with E-state index >= 15 is 0 Å². The van der Waals surface area contributed by atoms with E-state index in [0.29, 0.717) is 28.6 Å². The molecule has 0 aromatic heterocycles. The standard InChI is InChI=1S/C28H27N3O3S/c1-3-19-9-12-23(13-10-19)30-28-31-27(32)26(35-28)16-20-11-14-24(25(15-20)33-4-2)34-18-22-8-6-5-7-21(22)17-29/h5-16,28,30H,3-4,18H2,1-2H3,(H,31,32)/b26-16-/t28-/m0/s1. The molecule has 1 fully saturated rings. The number of hydrogen-bond acceptors (Lipinski definition) is 6. The molecule has 1 saturated heterocycles. The minimum absolute atomic E-state index is 0.121. The number of amides is 1. The van der Waals surface area contributed by atoms with Gasteiger partial charge in [0.05, 0.1) is 23.1 Å². The second-order valence-corrected chi connectivity index (χ2v) is 9.02. The lowest BCUT2D eigenvalue weighted by atomic mass is 10.1. The third-order valence-electron chi connectivity index (χ3n) is 5.48. The maximum absolute atomic E-state index is 12.6. The van der Waals surface area contributed by atoms with Crippen LogP contribution >= 0.6 is 11.8 Å². The molecular formula is C28H27N3O3S. The van der Waals surface area contributed by atoms with Crippen LogP contribution in [0, 0.1) is 11.3 Å². The van der Waals surface area contributed by atoms with Gasteiger partial charge in [0.1, 0.15) is 6.61 Å². The first-order valence-corrected chi connectivity index (χ1v) is 12.4. The molecule has 1 amide bonds. The second kappa shape index (κ2) is 11.5. The summed E-state index contributed by atoms with van der Waals surface area (Å²) in [6.45, 7) is 4.76. The van der Waals surface area contributed by atoms with E-state index in [-0.39, 0.29) is 18.0 Å². The summed E-state index contributed by atoms with van der Waals surface area (Å²) in [5, 5.41) is 15.6. The number of anilines is 1. The fourth-order valence-corrected chi connectivity index (χ4v) is 4.60. The normalized spacial score (nSPS) is 16.0. The zero-order valence-corrected chi connectivity index (χ0v) is 20.5. The van der Waals surface area contributed by atoms with Crippen molar-refractivity contribution in [2.24, 2.45) is 0 Å². The molecule has 0 unspecified atom stereocenters. The van der Waals surface area contributed by atoms with Gasteiger partial charge in [-0.25, -0.2) is 0 Å². The Hall–Kier alpha value is -3.89. The van der Waals surface area contributed by atoms with Crippen molar-refractivity contribution in [3.63, 3.8) is 0 Å². The molecule has 4 rings (SSSR count). The highest BCUT2D eigenvalue weighted by atomic mass is 32.2. The summed E-state index contributed by atoms with van der Waals surface area (Å²) < 4.78 is 11.8. The van der Waals surface area contributed by atoms with Gasteiger partial charge in [-0.1, -0.05) is 55.1 Å². The lowest BCUT2D eigenvalue weighted by Crippen LogP contribution is -2.30. The van der Waals surface area contributed by atoms with Crippen LogP contribution in [-0.2, 0) is 17.8 Å². The molecule has 1 atom stereocenters. The van der Waals surface area contributed by atoms with Gasteiger partial charge in [0.25, 0.3) is 5.91 Å². The molecule has 7 heteroatoms. The Morgan fingerprint density at radius 1 is 1.06 bits per heavy atom. The second-order valence-electron chi connectivity index (χ2n) is 7.87. The number of hydrogen-bond donors (Lipinski definition) is 2. The van der Waals surface area contributed by atoms with E-state index < -0.39 is 0 Å². The first kappa shape index (κ1) is 24.2. The fourth-order valence-electron chi connectivity index (χ4n) is 3.62. The van der Waals surface area contributed by atoms with Crippen molar-refractivity contribution in [1.29, 1.82) is 5.26 Å². The zero-order chi connectivity index (χ0) is 24.6. The number of carbonyl (C=O) groups is 1. The molecule has 3 aromatic carbocycles. The van der Waals surface area contributed by atoms with Gasteiger partial charge in [-0.05, 0) is 60.9 Å². The van der Waals surface area contributed by atoms with Gasteiger partial charge >= 0.3 is 0 Å². The van der Waals surface area contributed by atoms with E-state index in [1.807, 2.05) is 61.5 Å². The van der Waals surface area contributed by atoms with E-state index in [4.69, 9.17) is 9.47 Å². The van der Waals surface area contributed by atoms with E-state index in [0.717, 1.165) is 23.2 Å². The van der Waals surface area contributed by atoms with Gasteiger partial charge in [-0.3, -0.25) is 4.79 Å². The lowest BCUT2D eigenvalue weighted by Gasteiger charge is -2.13. The average Bonchev–Trinajstić information content (AvgIpc) is 3.22. The van der Waals surface area contributed by atoms with Gasteiger partial charge in [0, 0.05) is 11.3 Å². The summed E-state index contributed by atoms with van der Waals surface area (Å²) >= 11 is 1.44. The highest BCUT2D eigenvalue weighted by molar-refractivity contribution is 8.05.